The number of nitrogens with two attached hydrogens (primary N) is 1. The van der Waals surface area contributed by atoms with E-state index in [1.165, 1.54) is 32.2 Å². The minimum Gasteiger partial charge on any atom is -0.330 e. The molecule has 0 aromatic heterocycles. The van der Waals surface area contributed by atoms with Gasteiger partial charge in [-0.2, -0.15) is 0 Å². The highest BCUT2D eigenvalue weighted by atomic mass is 15.2. The Morgan fingerprint density at radius 2 is 1.83 bits per heavy atom. The van der Waals surface area contributed by atoms with Crippen LogP contribution in [-0.2, 0) is 0 Å². The summed E-state index contributed by atoms with van der Waals surface area (Å²) < 4.78 is 0. The Morgan fingerprint density at radius 3 is 2.22 bits per heavy atom. The molecule has 0 spiro atoms. The van der Waals surface area contributed by atoms with Gasteiger partial charge >= 0.3 is 0 Å². The Kier molecular flexibility index (Phi) is 6.13. The van der Waals surface area contributed by atoms with Crippen LogP contribution >= 0.6 is 0 Å². The second kappa shape index (κ2) is 6.91. The molecule has 1 aliphatic carbocycles. The van der Waals surface area contributed by atoms with Crippen LogP contribution in [0.15, 0.2) is 0 Å². The van der Waals surface area contributed by atoms with Crippen LogP contribution in [0.2, 0.25) is 0 Å². The van der Waals surface area contributed by atoms with E-state index in [1.54, 1.807) is 0 Å². The van der Waals surface area contributed by atoms with Crippen LogP contribution in [0, 0.1) is 17.3 Å². The zero-order valence-corrected chi connectivity index (χ0v) is 13.2. The summed E-state index contributed by atoms with van der Waals surface area (Å²) in [5, 5.41) is 0. The molecule has 1 rings (SSSR count). The SMILES string of the molecule is CCN(CC(C)(C)CN)C(CCC(C)C)C1CC1. The van der Waals surface area contributed by atoms with Crippen molar-refractivity contribution in [3.8, 4) is 0 Å². The molecule has 1 unspecified atom stereocenters. The van der Waals surface area contributed by atoms with Gasteiger partial charge in [-0.15, -0.1) is 0 Å². The second-order valence-corrected chi connectivity index (χ2v) is 7.31. The van der Waals surface area contributed by atoms with Gasteiger partial charge in [-0.3, -0.25) is 4.90 Å². The lowest BCUT2D eigenvalue weighted by Gasteiger charge is -2.37. The van der Waals surface area contributed by atoms with Gasteiger partial charge in [-0.1, -0.05) is 34.6 Å². The Labute approximate surface area is 114 Å². The van der Waals surface area contributed by atoms with Gasteiger partial charge in [0.15, 0.2) is 0 Å². The van der Waals surface area contributed by atoms with Crippen molar-refractivity contribution < 1.29 is 0 Å². The fourth-order valence-electron chi connectivity index (χ4n) is 2.78. The number of rotatable bonds is 9. The smallest absolute Gasteiger partial charge is 0.0124 e. The van der Waals surface area contributed by atoms with Crippen LogP contribution in [0.25, 0.3) is 0 Å². The monoisotopic (exact) mass is 254 g/mol. The van der Waals surface area contributed by atoms with Gasteiger partial charge < -0.3 is 5.73 Å². The Morgan fingerprint density at radius 1 is 1.22 bits per heavy atom. The molecule has 0 aromatic carbocycles. The summed E-state index contributed by atoms with van der Waals surface area (Å²) in [4.78, 5) is 2.70. The molecule has 0 bridgehead atoms. The molecule has 0 saturated heterocycles. The Balaban J connectivity index is 2.57. The molecule has 2 N–H and O–H groups in total. The van der Waals surface area contributed by atoms with Crippen LogP contribution in [0.5, 0.6) is 0 Å². The highest BCUT2D eigenvalue weighted by molar-refractivity contribution is 4.90. The van der Waals surface area contributed by atoms with Gasteiger partial charge in [-0.05, 0) is 56.0 Å². The molecule has 1 atom stereocenters. The lowest BCUT2D eigenvalue weighted by atomic mass is 9.90. The number of hydrogen-bond donors (Lipinski definition) is 1. The summed E-state index contributed by atoms with van der Waals surface area (Å²) in [6, 6.07) is 0.809. The largest absolute Gasteiger partial charge is 0.330 e. The van der Waals surface area contributed by atoms with E-state index in [9.17, 15) is 0 Å². The van der Waals surface area contributed by atoms with Crippen LogP contribution < -0.4 is 5.73 Å². The van der Waals surface area contributed by atoms with Gasteiger partial charge in [0, 0.05) is 12.6 Å². The highest BCUT2D eigenvalue weighted by Gasteiger charge is 2.36. The third kappa shape index (κ3) is 5.27. The predicted octanol–water partition coefficient (Wildman–Crippen LogP) is 3.51. The second-order valence-electron chi connectivity index (χ2n) is 7.31. The molecule has 1 saturated carbocycles. The van der Waals surface area contributed by atoms with Gasteiger partial charge in [0.2, 0.25) is 0 Å². The van der Waals surface area contributed by atoms with Crippen LogP contribution in [0.4, 0.5) is 0 Å². The summed E-state index contributed by atoms with van der Waals surface area (Å²) in [6.07, 6.45) is 5.63. The highest BCUT2D eigenvalue weighted by Crippen LogP contribution is 2.38. The van der Waals surface area contributed by atoms with Crippen molar-refractivity contribution in [1.82, 2.24) is 4.90 Å². The molecule has 0 aromatic rings. The fourth-order valence-corrected chi connectivity index (χ4v) is 2.78. The van der Waals surface area contributed by atoms with E-state index < -0.39 is 0 Å². The quantitative estimate of drug-likeness (QED) is 0.682. The van der Waals surface area contributed by atoms with E-state index in [0.29, 0.717) is 0 Å². The molecule has 0 radical (unpaired) electrons. The van der Waals surface area contributed by atoms with Gasteiger partial charge in [-0.25, -0.2) is 0 Å². The first-order chi connectivity index (χ1) is 8.39. The van der Waals surface area contributed by atoms with Crippen molar-refractivity contribution in [2.45, 2.75) is 66.3 Å². The molecule has 18 heavy (non-hydrogen) atoms. The van der Waals surface area contributed by atoms with E-state index in [2.05, 4.69) is 39.5 Å². The molecule has 108 valence electrons. The molecular weight excluding hydrogens is 220 g/mol. The number of hydrogen-bond acceptors (Lipinski definition) is 2. The summed E-state index contributed by atoms with van der Waals surface area (Å²) in [7, 11) is 0. The first kappa shape index (κ1) is 16.0. The van der Waals surface area contributed by atoms with E-state index in [0.717, 1.165) is 31.0 Å². The maximum atomic E-state index is 5.90. The van der Waals surface area contributed by atoms with Crippen molar-refractivity contribution >= 4 is 0 Å². The molecule has 2 heteroatoms. The van der Waals surface area contributed by atoms with E-state index in [1.807, 2.05) is 0 Å². The van der Waals surface area contributed by atoms with E-state index in [4.69, 9.17) is 5.73 Å². The minimum absolute atomic E-state index is 0.251. The summed E-state index contributed by atoms with van der Waals surface area (Å²) in [5.74, 6) is 1.80. The molecule has 0 aliphatic heterocycles. The maximum Gasteiger partial charge on any atom is 0.0124 e. The maximum absolute atomic E-state index is 5.90. The molecule has 2 nitrogen and oxygen atoms in total. The first-order valence-corrected chi connectivity index (χ1v) is 7.83. The predicted molar refractivity (Wildman–Crippen MR) is 80.7 cm³/mol. The van der Waals surface area contributed by atoms with Gasteiger partial charge in [0.05, 0.1) is 0 Å². The summed E-state index contributed by atoms with van der Waals surface area (Å²) in [6.45, 7) is 14.7. The Hall–Kier alpha value is -0.0800. The van der Waals surface area contributed by atoms with E-state index >= 15 is 0 Å². The third-order valence-corrected chi connectivity index (χ3v) is 4.26. The fraction of sp³-hybridized carbons (Fsp3) is 1.00. The standard InChI is InChI=1S/C16H34N2/c1-6-18(12-16(4,5)11-17)15(14-8-9-14)10-7-13(2)3/h13-15H,6-12,17H2,1-5H3. The lowest BCUT2D eigenvalue weighted by molar-refractivity contribution is 0.115. The average Bonchev–Trinajstić information content (AvgIpc) is 3.11. The topological polar surface area (TPSA) is 29.3 Å². The third-order valence-electron chi connectivity index (χ3n) is 4.26. The van der Waals surface area contributed by atoms with Crippen LogP contribution in [0.3, 0.4) is 0 Å². The van der Waals surface area contributed by atoms with Crippen LogP contribution in [0.1, 0.15) is 60.3 Å². The number of nitrogens with zero attached hydrogens (tertiary/aromatic N) is 1. The summed E-state index contributed by atoms with van der Waals surface area (Å²) >= 11 is 0. The minimum atomic E-state index is 0.251. The normalized spacial score (nSPS) is 18.7. The Bertz CT molecular complexity index is 231. The van der Waals surface area contributed by atoms with Gasteiger partial charge in [0.25, 0.3) is 0 Å². The van der Waals surface area contributed by atoms with Crippen molar-refractivity contribution in [2.75, 3.05) is 19.6 Å². The summed E-state index contributed by atoms with van der Waals surface area (Å²) in [5.41, 5.74) is 6.15. The van der Waals surface area contributed by atoms with Crippen molar-refractivity contribution in [1.29, 1.82) is 0 Å². The van der Waals surface area contributed by atoms with Gasteiger partial charge in [0.1, 0.15) is 0 Å². The molecular formula is C16H34N2. The molecule has 1 fully saturated rings. The van der Waals surface area contributed by atoms with E-state index in [-0.39, 0.29) is 5.41 Å². The first-order valence-electron chi connectivity index (χ1n) is 7.83. The molecule has 0 heterocycles. The van der Waals surface area contributed by atoms with Crippen molar-refractivity contribution in [3.63, 3.8) is 0 Å². The van der Waals surface area contributed by atoms with Crippen LogP contribution in [-0.4, -0.2) is 30.6 Å². The molecule has 0 amide bonds. The van der Waals surface area contributed by atoms with Crippen molar-refractivity contribution in [2.24, 2.45) is 23.0 Å². The zero-order valence-electron chi connectivity index (χ0n) is 13.2. The van der Waals surface area contributed by atoms with Crippen molar-refractivity contribution in [3.05, 3.63) is 0 Å². The zero-order chi connectivity index (χ0) is 13.8. The molecule has 1 aliphatic rings. The lowest BCUT2D eigenvalue weighted by Crippen LogP contribution is -2.45. The average molecular weight is 254 g/mol.